The Kier molecular flexibility index (Phi) is 3.58. The molecule has 0 atom stereocenters. The number of hydrogen-bond donors (Lipinski definition) is 1. The zero-order valence-corrected chi connectivity index (χ0v) is 10.2. The second-order valence-corrected chi connectivity index (χ2v) is 4.44. The van der Waals surface area contributed by atoms with Gasteiger partial charge in [0.25, 0.3) is 0 Å². The van der Waals surface area contributed by atoms with Gasteiger partial charge in [0.2, 0.25) is 5.91 Å². The molecule has 0 aromatic heterocycles. The predicted octanol–water partition coefficient (Wildman–Crippen LogP) is 1.08. The van der Waals surface area contributed by atoms with Crippen molar-refractivity contribution in [1.29, 1.82) is 0 Å². The van der Waals surface area contributed by atoms with E-state index >= 15 is 0 Å². The van der Waals surface area contributed by atoms with E-state index in [1.165, 1.54) is 0 Å². The number of para-hydroxylation sites is 1. The predicted molar refractivity (Wildman–Crippen MR) is 68.8 cm³/mol. The number of ether oxygens (including phenoxy) is 1. The summed E-state index contributed by atoms with van der Waals surface area (Å²) < 4.78 is 5.58. The van der Waals surface area contributed by atoms with Crippen LogP contribution in [0, 0.1) is 0 Å². The lowest BCUT2D eigenvalue weighted by Crippen LogP contribution is -2.34. The summed E-state index contributed by atoms with van der Waals surface area (Å²) in [5.41, 5.74) is 6.40. The lowest BCUT2D eigenvalue weighted by atomic mass is 10.2. The molecular formula is C12H14N2O2S. The molecule has 0 saturated carbocycles. The number of nitrogens with zero attached hydrogens (tertiary/aromatic N) is 1. The smallest absolute Gasteiger partial charge is 0.229 e. The number of nitrogens with two attached hydrogens (primary N) is 1. The van der Waals surface area contributed by atoms with Crippen LogP contribution in [-0.4, -0.2) is 28.9 Å². The average Bonchev–Trinajstić information content (AvgIpc) is 2.49. The molecule has 4 nitrogen and oxygen atoms in total. The number of amides is 1. The van der Waals surface area contributed by atoms with Gasteiger partial charge < -0.3 is 15.4 Å². The van der Waals surface area contributed by atoms with E-state index in [1.54, 1.807) is 4.90 Å². The molecule has 1 heterocycles. The maximum Gasteiger partial charge on any atom is 0.229 e. The van der Waals surface area contributed by atoms with Crippen LogP contribution in [0.15, 0.2) is 24.3 Å². The molecular weight excluding hydrogens is 236 g/mol. The van der Waals surface area contributed by atoms with Crippen LogP contribution in [0.2, 0.25) is 0 Å². The Morgan fingerprint density at radius 2 is 2.24 bits per heavy atom. The summed E-state index contributed by atoms with van der Waals surface area (Å²) >= 11 is 4.75. The van der Waals surface area contributed by atoms with Crippen molar-refractivity contribution < 1.29 is 9.53 Å². The summed E-state index contributed by atoms with van der Waals surface area (Å²) in [6.07, 6.45) is 0.123. The monoisotopic (exact) mass is 250 g/mol. The van der Waals surface area contributed by atoms with E-state index in [1.807, 2.05) is 24.3 Å². The number of carbonyl (C=O) groups is 1. The van der Waals surface area contributed by atoms with Crippen LogP contribution in [0.3, 0.4) is 0 Å². The summed E-state index contributed by atoms with van der Waals surface area (Å²) in [5, 5.41) is 0. The van der Waals surface area contributed by atoms with Crippen LogP contribution in [0.1, 0.15) is 12.0 Å². The van der Waals surface area contributed by atoms with Crippen molar-refractivity contribution >= 4 is 23.1 Å². The van der Waals surface area contributed by atoms with Crippen LogP contribution in [0.4, 0.5) is 0 Å². The summed E-state index contributed by atoms with van der Waals surface area (Å²) in [7, 11) is 0. The summed E-state index contributed by atoms with van der Waals surface area (Å²) in [4.78, 5) is 13.8. The van der Waals surface area contributed by atoms with E-state index in [4.69, 9.17) is 22.7 Å². The molecule has 1 aliphatic rings. The Balaban J connectivity index is 2.13. The van der Waals surface area contributed by atoms with Gasteiger partial charge in [0.15, 0.2) is 0 Å². The lowest BCUT2D eigenvalue weighted by molar-refractivity contribution is -0.130. The van der Waals surface area contributed by atoms with Crippen LogP contribution in [0.5, 0.6) is 5.75 Å². The van der Waals surface area contributed by atoms with Crippen molar-refractivity contribution in [3.05, 3.63) is 29.8 Å². The first-order valence-electron chi connectivity index (χ1n) is 5.43. The number of benzene rings is 1. The van der Waals surface area contributed by atoms with Gasteiger partial charge in [-0.3, -0.25) is 4.79 Å². The summed E-state index contributed by atoms with van der Waals surface area (Å²) in [6, 6.07) is 7.73. The molecule has 0 fully saturated rings. The molecule has 2 rings (SSSR count). The Morgan fingerprint density at radius 3 is 3.00 bits per heavy atom. The maximum atomic E-state index is 11.9. The third-order valence-corrected chi connectivity index (χ3v) is 2.78. The van der Waals surface area contributed by atoms with Crippen LogP contribution < -0.4 is 10.5 Å². The largest absolute Gasteiger partial charge is 0.491 e. The van der Waals surface area contributed by atoms with Crippen molar-refractivity contribution in [2.24, 2.45) is 5.73 Å². The van der Waals surface area contributed by atoms with Crippen molar-refractivity contribution in [2.45, 2.75) is 13.0 Å². The zero-order chi connectivity index (χ0) is 12.3. The highest BCUT2D eigenvalue weighted by molar-refractivity contribution is 7.80. The number of hydrogen-bond acceptors (Lipinski definition) is 3. The van der Waals surface area contributed by atoms with Gasteiger partial charge in [-0.2, -0.15) is 0 Å². The Labute approximate surface area is 105 Å². The normalized spacial score (nSPS) is 14.5. The Morgan fingerprint density at radius 1 is 1.47 bits per heavy atom. The summed E-state index contributed by atoms with van der Waals surface area (Å²) in [6.45, 7) is 1.62. The number of thiocarbonyl (C=S) groups is 1. The fourth-order valence-corrected chi connectivity index (χ4v) is 1.92. The van der Waals surface area contributed by atoms with Crippen LogP contribution in [0.25, 0.3) is 0 Å². The van der Waals surface area contributed by atoms with Gasteiger partial charge >= 0.3 is 0 Å². The highest BCUT2D eigenvalue weighted by Crippen LogP contribution is 2.22. The SMILES string of the molecule is NC(=S)CC(=O)N1CCOc2ccccc2C1. The highest BCUT2D eigenvalue weighted by atomic mass is 32.1. The standard InChI is InChI=1S/C12H14N2O2S/c13-11(17)7-12(15)14-5-6-16-10-4-2-1-3-9(10)8-14/h1-4H,5-8H2,(H2,13,17). The molecule has 1 aromatic rings. The van der Waals surface area contributed by atoms with Crippen molar-refractivity contribution in [3.8, 4) is 5.75 Å². The van der Waals surface area contributed by atoms with E-state index in [9.17, 15) is 4.79 Å². The number of carbonyl (C=O) groups excluding carboxylic acids is 1. The molecule has 5 heteroatoms. The lowest BCUT2D eigenvalue weighted by Gasteiger charge is -2.19. The first-order valence-corrected chi connectivity index (χ1v) is 5.84. The van der Waals surface area contributed by atoms with E-state index < -0.39 is 0 Å². The van der Waals surface area contributed by atoms with Crippen molar-refractivity contribution in [3.63, 3.8) is 0 Å². The average molecular weight is 250 g/mol. The van der Waals surface area contributed by atoms with Crippen molar-refractivity contribution in [1.82, 2.24) is 4.90 Å². The highest BCUT2D eigenvalue weighted by Gasteiger charge is 2.19. The third-order valence-electron chi connectivity index (χ3n) is 2.63. The molecule has 0 bridgehead atoms. The molecule has 0 saturated heterocycles. The van der Waals surface area contributed by atoms with E-state index in [-0.39, 0.29) is 17.3 Å². The summed E-state index contributed by atoms with van der Waals surface area (Å²) in [5.74, 6) is 0.802. The van der Waals surface area contributed by atoms with Crippen LogP contribution >= 0.6 is 12.2 Å². The number of rotatable bonds is 2. The minimum absolute atomic E-state index is 0.0437. The number of fused-ring (bicyclic) bond motifs is 1. The molecule has 1 aliphatic heterocycles. The molecule has 1 amide bonds. The minimum Gasteiger partial charge on any atom is -0.491 e. The second kappa shape index (κ2) is 5.14. The Hall–Kier alpha value is -1.62. The minimum atomic E-state index is -0.0437. The van der Waals surface area contributed by atoms with Crippen LogP contribution in [-0.2, 0) is 11.3 Å². The molecule has 0 radical (unpaired) electrons. The van der Waals surface area contributed by atoms with E-state index in [0.717, 1.165) is 11.3 Å². The first-order chi connectivity index (χ1) is 8.16. The van der Waals surface area contributed by atoms with Gasteiger partial charge in [-0.15, -0.1) is 0 Å². The molecule has 0 spiro atoms. The topological polar surface area (TPSA) is 55.6 Å². The van der Waals surface area contributed by atoms with Gasteiger partial charge in [0, 0.05) is 12.1 Å². The molecule has 2 N–H and O–H groups in total. The van der Waals surface area contributed by atoms with Crippen molar-refractivity contribution in [2.75, 3.05) is 13.2 Å². The van der Waals surface area contributed by atoms with Gasteiger partial charge in [0.1, 0.15) is 12.4 Å². The van der Waals surface area contributed by atoms with Gasteiger partial charge in [-0.1, -0.05) is 30.4 Å². The molecule has 0 unspecified atom stereocenters. The maximum absolute atomic E-state index is 11.9. The molecule has 1 aromatic carbocycles. The van der Waals surface area contributed by atoms with Gasteiger partial charge in [-0.05, 0) is 6.07 Å². The van der Waals surface area contributed by atoms with Gasteiger partial charge in [0.05, 0.1) is 18.0 Å². The molecule has 90 valence electrons. The Bertz CT molecular complexity index is 448. The fraction of sp³-hybridized carbons (Fsp3) is 0.333. The van der Waals surface area contributed by atoms with E-state index in [2.05, 4.69) is 0 Å². The second-order valence-electron chi connectivity index (χ2n) is 3.91. The zero-order valence-electron chi connectivity index (χ0n) is 9.39. The first kappa shape index (κ1) is 11.9. The quantitative estimate of drug-likeness (QED) is 0.798. The van der Waals surface area contributed by atoms with Gasteiger partial charge in [-0.25, -0.2) is 0 Å². The third kappa shape index (κ3) is 2.94. The van der Waals surface area contributed by atoms with E-state index in [0.29, 0.717) is 19.7 Å². The fourth-order valence-electron chi connectivity index (χ4n) is 1.80. The molecule has 0 aliphatic carbocycles. The molecule has 17 heavy (non-hydrogen) atoms.